The Hall–Kier alpha value is -1.01. The van der Waals surface area contributed by atoms with Gasteiger partial charge in [-0.1, -0.05) is 0 Å². The second-order valence-corrected chi connectivity index (χ2v) is 1.95. The highest BCUT2D eigenvalue weighted by atomic mass is 16.6. The molecule has 0 saturated carbocycles. The van der Waals surface area contributed by atoms with Crippen LogP contribution in [0.3, 0.4) is 0 Å². The molecule has 0 heterocycles. The van der Waals surface area contributed by atoms with Gasteiger partial charge in [0.05, 0.1) is 18.4 Å². The summed E-state index contributed by atoms with van der Waals surface area (Å²) in [6.45, 7) is 3.35. The standard InChI is InChI=1S/C6H11BO5/c1-3-11-6(8)4-5(2)12-7(9)10/h4,9-10H,3H2,1-2H3. The van der Waals surface area contributed by atoms with Gasteiger partial charge in [-0.3, -0.25) is 0 Å². The Kier molecular flexibility index (Phi) is 5.15. The van der Waals surface area contributed by atoms with Crippen LogP contribution in [0.25, 0.3) is 0 Å². The normalized spacial score (nSPS) is 10.8. The maximum Gasteiger partial charge on any atom is 0.707 e. The topological polar surface area (TPSA) is 76.0 Å². The van der Waals surface area contributed by atoms with Crippen LogP contribution in [0.5, 0.6) is 0 Å². The zero-order chi connectivity index (χ0) is 9.56. The molecular formula is C6H11BO5. The molecule has 0 saturated heterocycles. The number of ether oxygens (including phenoxy) is 1. The van der Waals surface area contributed by atoms with Gasteiger partial charge in [-0.2, -0.15) is 0 Å². The highest BCUT2D eigenvalue weighted by molar-refractivity contribution is 6.33. The first-order chi connectivity index (χ1) is 5.56. The van der Waals surface area contributed by atoms with E-state index in [0.717, 1.165) is 6.08 Å². The molecule has 2 N–H and O–H groups in total. The van der Waals surface area contributed by atoms with Crippen LogP contribution in [0.1, 0.15) is 13.8 Å². The number of allylic oxidation sites excluding steroid dienone is 1. The average Bonchev–Trinajstić information content (AvgIpc) is 1.84. The molecule has 0 rings (SSSR count). The average molecular weight is 174 g/mol. The first kappa shape index (κ1) is 11.0. The lowest BCUT2D eigenvalue weighted by Gasteiger charge is -2.03. The first-order valence-corrected chi connectivity index (χ1v) is 3.44. The van der Waals surface area contributed by atoms with Gasteiger partial charge >= 0.3 is 13.3 Å². The Balaban J connectivity index is 3.89. The van der Waals surface area contributed by atoms with Crippen molar-refractivity contribution in [1.29, 1.82) is 0 Å². The third-order valence-corrected chi connectivity index (χ3v) is 0.899. The summed E-state index contributed by atoms with van der Waals surface area (Å²) in [5, 5.41) is 16.6. The van der Waals surface area contributed by atoms with Gasteiger partial charge in [-0.05, 0) is 13.8 Å². The van der Waals surface area contributed by atoms with Gasteiger partial charge in [-0.25, -0.2) is 4.79 Å². The van der Waals surface area contributed by atoms with Gasteiger partial charge in [0.15, 0.2) is 0 Å². The van der Waals surface area contributed by atoms with Crippen LogP contribution in [0, 0.1) is 0 Å². The lowest BCUT2D eigenvalue weighted by Crippen LogP contribution is -2.16. The van der Waals surface area contributed by atoms with E-state index in [1.165, 1.54) is 6.92 Å². The number of rotatable bonds is 4. The smallest absolute Gasteiger partial charge is 0.516 e. The van der Waals surface area contributed by atoms with Crippen molar-refractivity contribution in [3.05, 3.63) is 11.8 Å². The quantitative estimate of drug-likeness (QED) is 0.258. The van der Waals surface area contributed by atoms with Crippen LogP contribution in [-0.2, 0) is 14.2 Å². The van der Waals surface area contributed by atoms with Gasteiger partial charge < -0.3 is 19.4 Å². The van der Waals surface area contributed by atoms with Gasteiger partial charge in [-0.15, -0.1) is 0 Å². The molecule has 0 aliphatic rings. The van der Waals surface area contributed by atoms with E-state index in [9.17, 15) is 4.79 Å². The largest absolute Gasteiger partial charge is 0.707 e. The Morgan fingerprint density at radius 3 is 2.58 bits per heavy atom. The van der Waals surface area contributed by atoms with E-state index in [-0.39, 0.29) is 12.4 Å². The monoisotopic (exact) mass is 174 g/mol. The minimum atomic E-state index is -1.91. The highest BCUT2D eigenvalue weighted by Crippen LogP contribution is 1.96. The molecule has 0 atom stereocenters. The van der Waals surface area contributed by atoms with E-state index in [4.69, 9.17) is 10.0 Å². The van der Waals surface area contributed by atoms with Crippen molar-refractivity contribution in [3.63, 3.8) is 0 Å². The van der Waals surface area contributed by atoms with Crippen LogP contribution >= 0.6 is 0 Å². The molecule has 68 valence electrons. The molecule has 6 heteroatoms. The SMILES string of the molecule is CCOC(=O)C=C(C)OB(O)O. The maximum atomic E-state index is 10.7. The van der Waals surface area contributed by atoms with Crippen LogP contribution in [0.15, 0.2) is 11.8 Å². The van der Waals surface area contributed by atoms with E-state index in [1.54, 1.807) is 6.92 Å². The Morgan fingerprint density at radius 2 is 2.17 bits per heavy atom. The molecule has 0 aliphatic heterocycles. The molecule has 12 heavy (non-hydrogen) atoms. The van der Waals surface area contributed by atoms with E-state index in [2.05, 4.69) is 9.39 Å². The summed E-state index contributed by atoms with van der Waals surface area (Å²) in [5.74, 6) is -0.487. The minimum Gasteiger partial charge on any atom is -0.516 e. The lowest BCUT2D eigenvalue weighted by molar-refractivity contribution is -0.137. The van der Waals surface area contributed by atoms with E-state index in [0.29, 0.717) is 0 Å². The molecular weight excluding hydrogens is 163 g/mol. The molecule has 0 unspecified atom stereocenters. The summed E-state index contributed by atoms with van der Waals surface area (Å²) in [6.07, 6.45) is 1.03. The van der Waals surface area contributed by atoms with Gasteiger partial charge in [0, 0.05) is 0 Å². The van der Waals surface area contributed by atoms with Crippen molar-refractivity contribution in [2.24, 2.45) is 0 Å². The molecule has 0 bridgehead atoms. The maximum absolute atomic E-state index is 10.7. The molecule has 0 aromatic carbocycles. The van der Waals surface area contributed by atoms with E-state index < -0.39 is 13.3 Å². The van der Waals surface area contributed by atoms with E-state index >= 15 is 0 Å². The van der Waals surface area contributed by atoms with Gasteiger partial charge in [0.2, 0.25) is 0 Å². The van der Waals surface area contributed by atoms with Crippen molar-refractivity contribution in [2.75, 3.05) is 6.61 Å². The van der Waals surface area contributed by atoms with Crippen LogP contribution in [-0.4, -0.2) is 29.9 Å². The fourth-order valence-corrected chi connectivity index (χ4v) is 0.550. The van der Waals surface area contributed by atoms with E-state index in [1.807, 2.05) is 0 Å². The van der Waals surface area contributed by atoms with Gasteiger partial charge in [0.25, 0.3) is 0 Å². The third kappa shape index (κ3) is 5.76. The van der Waals surface area contributed by atoms with Crippen molar-refractivity contribution < 1.29 is 24.2 Å². The fourth-order valence-electron chi connectivity index (χ4n) is 0.550. The number of hydrogen-bond acceptors (Lipinski definition) is 5. The first-order valence-electron chi connectivity index (χ1n) is 3.44. The summed E-state index contributed by atoms with van der Waals surface area (Å²) in [4.78, 5) is 10.7. The van der Waals surface area contributed by atoms with Crippen molar-refractivity contribution >= 4 is 13.3 Å². The minimum absolute atomic E-state index is 0.0865. The summed E-state index contributed by atoms with van der Waals surface area (Å²) in [5.41, 5.74) is 0. The molecule has 5 nitrogen and oxygen atoms in total. The van der Waals surface area contributed by atoms with Crippen LogP contribution < -0.4 is 0 Å². The highest BCUT2D eigenvalue weighted by Gasteiger charge is 2.11. The molecule has 0 amide bonds. The molecule has 0 spiro atoms. The molecule has 0 fully saturated rings. The Morgan fingerprint density at radius 1 is 1.58 bits per heavy atom. The van der Waals surface area contributed by atoms with Crippen molar-refractivity contribution in [2.45, 2.75) is 13.8 Å². The number of esters is 1. The lowest BCUT2D eigenvalue weighted by atomic mass is 10.2. The zero-order valence-electron chi connectivity index (χ0n) is 6.98. The second-order valence-electron chi connectivity index (χ2n) is 1.95. The third-order valence-electron chi connectivity index (χ3n) is 0.899. The number of carbonyl (C=O) groups excluding carboxylic acids is 1. The zero-order valence-corrected chi connectivity index (χ0v) is 6.98. The predicted octanol–water partition coefficient (Wildman–Crippen LogP) is -0.561. The summed E-state index contributed by atoms with van der Waals surface area (Å²) >= 11 is 0. The molecule has 0 aromatic rings. The Bertz CT molecular complexity index is 177. The van der Waals surface area contributed by atoms with Crippen LogP contribution in [0.4, 0.5) is 0 Å². The molecule has 0 aliphatic carbocycles. The summed E-state index contributed by atoms with van der Waals surface area (Å²) in [7, 11) is -1.91. The van der Waals surface area contributed by atoms with Crippen molar-refractivity contribution in [1.82, 2.24) is 0 Å². The predicted molar refractivity (Wildman–Crippen MR) is 41.7 cm³/mol. The van der Waals surface area contributed by atoms with Gasteiger partial charge in [0.1, 0.15) is 0 Å². The second kappa shape index (κ2) is 5.62. The fraction of sp³-hybridized carbons (Fsp3) is 0.500. The molecule has 0 aromatic heterocycles. The summed E-state index contributed by atoms with van der Waals surface area (Å²) < 4.78 is 8.87. The van der Waals surface area contributed by atoms with Crippen LogP contribution in [0.2, 0.25) is 0 Å². The number of hydrogen-bond donors (Lipinski definition) is 2. The Labute approximate surface area is 70.8 Å². The van der Waals surface area contributed by atoms with Crippen molar-refractivity contribution in [3.8, 4) is 0 Å². The molecule has 0 radical (unpaired) electrons. The summed E-state index contributed by atoms with van der Waals surface area (Å²) in [6, 6.07) is 0. The number of carbonyl (C=O) groups is 1.